The fourth-order valence-corrected chi connectivity index (χ4v) is 2.43. The van der Waals surface area contributed by atoms with Crippen LogP contribution < -0.4 is 10.6 Å². The van der Waals surface area contributed by atoms with Crippen molar-refractivity contribution in [3.05, 3.63) is 18.0 Å². The number of nitrogen functional groups attached to an aromatic ring is 1. The van der Waals surface area contributed by atoms with Crippen LogP contribution in [0.2, 0.25) is 0 Å². The van der Waals surface area contributed by atoms with Crippen LogP contribution in [0.15, 0.2) is 12.3 Å². The molecular formula is C14H19F3N4O2. The van der Waals surface area contributed by atoms with Crippen molar-refractivity contribution in [3.8, 4) is 0 Å². The monoisotopic (exact) mass is 332 g/mol. The van der Waals surface area contributed by atoms with Gasteiger partial charge in [-0.25, -0.2) is 22.9 Å². The number of aromatic nitrogens is 1. The van der Waals surface area contributed by atoms with Gasteiger partial charge >= 0.3 is 5.97 Å². The Hall–Kier alpha value is -2.03. The molecule has 0 aromatic carbocycles. The van der Waals surface area contributed by atoms with E-state index in [1.807, 2.05) is 4.90 Å². The molecular weight excluding hydrogens is 313 g/mol. The molecule has 1 aliphatic heterocycles. The molecule has 0 amide bonds. The molecule has 9 heteroatoms. The average molecular weight is 332 g/mol. The Morgan fingerprint density at radius 2 is 2.00 bits per heavy atom. The van der Waals surface area contributed by atoms with Gasteiger partial charge < -0.3 is 15.4 Å². The number of halogens is 3. The van der Waals surface area contributed by atoms with E-state index in [0.29, 0.717) is 26.2 Å². The minimum atomic E-state index is -2.96. The second kappa shape index (κ2) is 7.49. The molecule has 128 valence electrons. The van der Waals surface area contributed by atoms with E-state index in [-0.39, 0.29) is 17.9 Å². The number of alkyl halides is 3. The third-order valence-electron chi connectivity index (χ3n) is 3.72. The third kappa shape index (κ3) is 4.25. The number of carbonyl (C=O) groups is 1. The molecule has 2 N–H and O–H groups in total. The first-order valence-corrected chi connectivity index (χ1v) is 7.15. The van der Waals surface area contributed by atoms with Crippen molar-refractivity contribution >= 4 is 17.3 Å². The van der Waals surface area contributed by atoms with Crippen LogP contribution >= 0.6 is 0 Å². The smallest absolute Gasteiger partial charge is 0.358 e. The van der Waals surface area contributed by atoms with E-state index in [9.17, 15) is 18.0 Å². The van der Waals surface area contributed by atoms with Crippen LogP contribution in [0.5, 0.6) is 0 Å². The van der Waals surface area contributed by atoms with Gasteiger partial charge in [-0.05, 0) is 6.07 Å². The standard InChI is InChI=1S/C14H19F3N4O2/c1-23-14(22)12-11(18)6-9(7-19-12)21-4-2-20(3-5-21)8-10(15)13(16)17/h6-7,10,13H,2-5,8,18H2,1H3. The summed E-state index contributed by atoms with van der Waals surface area (Å²) in [6.07, 6.45) is -3.57. The van der Waals surface area contributed by atoms with Crippen molar-refractivity contribution in [3.63, 3.8) is 0 Å². The molecule has 1 saturated heterocycles. The number of hydrogen-bond acceptors (Lipinski definition) is 6. The fourth-order valence-electron chi connectivity index (χ4n) is 2.43. The first-order valence-electron chi connectivity index (χ1n) is 7.15. The molecule has 0 aliphatic carbocycles. The van der Waals surface area contributed by atoms with Crippen LogP contribution in [0.25, 0.3) is 0 Å². The summed E-state index contributed by atoms with van der Waals surface area (Å²) in [5.41, 5.74) is 6.78. The lowest BCUT2D eigenvalue weighted by Gasteiger charge is -2.36. The van der Waals surface area contributed by atoms with Gasteiger partial charge in [0.2, 0.25) is 0 Å². The highest BCUT2D eigenvalue weighted by Crippen LogP contribution is 2.21. The lowest BCUT2D eigenvalue weighted by atomic mass is 10.2. The molecule has 1 aliphatic rings. The van der Waals surface area contributed by atoms with E-state index >= 15 is 0 Å². The highest BCUT2D eigenvalue weighted by atomic mass is 19.3. The second-order valence-corrected chi connectivity index (χ2v) is 5.26. The van der Waals surface area contributed by atoms with Crippen LogP contribution in [0.1, 0.15) is 10.5 Å². The molecule has 1 fully saturated rings. The van der Waals surface area contributed by atoms with Crippen LogP contribution in [-0.4, -0.2) is 68.3 Å². The molecule has 0 spiro atoms. The maximum Gasteiger partial charge on any atom is 0.358 e. The lowest BCUT2D eigenvalue weighted by Crippen LogP contribution is -2.49. The Bertz CT molecular complexity index is 551. The molecule has 1 aromatic rings. The number of ether oxygens (including phenoxy) is 1. The number of esters is 1. The van der Waals surface area contributed by atoms with E-state index < -0.39 is 18.6 Å². The number of anilines is 2. The molecule has 1 unspecified atom stereocenters. The van der Waals surface area contributed by atoms with E-state index in [2.05, 4.69) is 9.72 Å². The van der Waals surface area contributed by atoms with Gasteiger partial charge in [0, 0.05) is 32.7 Å². The molecule has 0 saturated carbocycles. The minimum Gasteiger partial charge on any atom is -0.464 e. The number of piperazine rings is 1. The average Bonchev–Trinajstić information content (AvgIpc) is 2.54. The number of methoxy groups -OCH3 is 1. The summed E-state index contributed by atoms with van der Waals surface area (Å²) in [7, 11) is 1.24. The van der Waals surface area contributed by atoms with Gasteiger partial charge in [0.05, 0.1) is 24.7 Å². The quantitative estimate of drug-likeness (QED) is 0.817. The molecule has 1 atom stereocenters. The summed E-state index contributed by atoms with van der Waals surface area (Å²) in [4.78, 5) is 19.1. The van der Waals surface area contributed by atoms with Crippen molar-refractivity contribution in [2.24, 2.45) is 0 Å². The number of carbonyl (C=O) groups excluding carboxylic acids is 1. The van der Waals surface area contributed by atoms with Crippen LogP contribution in [0.4, 0.5) is 24.5 Å². The highest BCUT2D eigenvalue weighted by Gasteiger charge is 2.25. The Labute approximate surface area is 132 Å². The van der Waals surface area contributed by atoms with Crippen LogP contribution in [-0.2, 0) is 4.74 Å². The molecule has 0 bridgehead atoms. The normalized spacial score (nSPS) is 17.3. The number of nitrogens with two attached hydrogens (primary N) is 1. The molecule has 2 heterocycles. The van der Waals surface area contributed by atoms with E-state index in [4.69, 9.17) is 5.73 Å². The van der Waals surface area contributed by atoms with E-state index in [1.165, 1.54) is 13.3 Å². The summed E-state index contributed by atoms with van der Waals surface area (Å²) in [5.74, 6) is -0.611. The van der Waals surface area contributed by atoms with Gasteiger partial charge in [0.25, 0.3) is 6.43 Å². The maximum atomic E-state index is 13.1. The third-order valence-corrected chi connectivity index (χ3v) is 3.72. The number of hydrogen-bond donors (Lipinski definition) is 1. The van der Waals surface area contributed by atoms with Crippen molar-refractivity contribution in [2.45, 2.75) is 12.6 Å². The number of rotatable bonds is 5. The molecule has 2 rings (SSSR count). The van der Waals surface area contributed by atoms with Crippen molar-refractivity contribution in [1.82, 2.24) is 9.88 Å². The van der Waals surface area contributed by atoms with Gasteiger partial charge in [0.15, 0.2) is 11.9 Å². The van der Waals surface area contributed by atoms with Crippen LogP contribution in [0.3, 0.4) is 0 Å². The summed E-state index contributed by atoms with van der Waals surface area (Å²) in [6, 6.07) is 1.62. The molecule has 6 nitrogen and oxygen atoms in total. The first kappa shape index (κ1) is 17.3. The zero-order chi connectivity index (χ0) is 17.0. The molecule has 0 radical (unpaired) electrons. The number of pyridine rings is 1. The lowest BCUT2D eigenvalue weighted by molar-refractivity contribution is 0.0267. The Kier molecular flexibility index (Phi) is 5.64. The van der Waals surface area contributed by atoms with Gasteiger partial charge in [0.1, 0.15) is 0 Å². The van der Waals surface area contributed by atoms with Crippen molar-refractivity contribution in [2.75, 3.05) is 50.5 Å². The largest absolute Gasteiger partial charge is 0.464 e. The summed E-state index contributed by atoms with van der Waals surface area (Å²) >= 11 is 0. The zero-order valence-corrected chi connectivity index (χ0v) is 12.7. The summed E-state index contributed by atoms with van der Waals surface area (Å²) in [5, 5.41) is 0. The van der Waals surface area contributed by atoms with Gasteiger partial charge in [-0.15, -0.1) is 0 Å². The Morgan fingerprint density at radius 3 is 2.52 bits per heavy atom. The second-order valence-electron chi connectivity index (χ2n) is 5.26. The van der Waals surface area contributed by atoms with Crippen molar-refractivity contribution < 1.29 is 22.7 Å². The number of nitrogens with zero attached hydrogens (tertiary/aromatic N) is 3. The first-order chi connectivity index (χ1) is 10.9. The Morgan fingerprint density at radius 1 is 1.35 bits per heavy atom. The van der Waals surface area contributed by atoms with Gasteiger partial charge in [-0.1, -0.05) is 0 Å². The van der Waals surface area contributed by atoms with Crippen molar-refractivity contribution in [1.29, 1.82) is 0 Å². The van der Waals surface area contributed by atoms with Gasteiger partial charge in [-0.2, -0.15) is 0 Å². The maximum absolute atomic E-state index is 13.1. The minimum absolute atomic E-state index is 0.0482. The Balaban J connectivity index is 1.95. The predicted molar refractivity (Wildman–Crippen MR) is 79.5 cm³/mol. The fraction of sp³-hybridized carbons (Fsp3) is 0.571. The zero-order valence-electron chi connectivity index (χ0n) is 12.7. The topological polar surface area (TPSA) is 71.7 Å². The predicted octanol–water partition coefficient (Wildman–Crippen LogP) is 1.18. The molecule has 23 heavy (non-hydrogen) atoms. The summed E-state index contributed by atoms with van der Waals surface area (Å²) in [6.45, 7) is 1.73. The van der Waals surface area contributed by atoms with Gasteiger partial charge in [-0.3, -0.25) is 4.90 Å². The highest BCUT2D eigenvalue weighted by molar-refractivity contribution is 5.93. The summed E-state index contributed by atoms with van der Waals surface area (Å²) < 4.78 is 42.1. The van der Waals surface area contributed by atoms with Crippen LogP contribution in [0, 0.1) is 0 Å². The SMILES string of the molecule is COC(=O)c1ncc(N2CCN(CC(F)C(F)F)CC2)cc1N. The van der Waals surface area contributed by atoms with E-state index in [0.717, 1.165) is 5.69 Å². The molecule has 1 aromatic heterocycles. The van der Waals surface area contributed by atoms with E-state index in [1.54, 1.807) is 11.0 Å².